The molecule has 1 aromatic carbocycles. The smallest absolute Gasteiger partial charge is 0.414 e. The Kier molecular flexibility index (Phi) is 9.66. The van der Waals surface area contributed by atoms with Crippen molar-refractivity contribution in [3.05, 3.63) is 94.2 Å². The molecule has 1 amide bonds. The molecule has 55 heavy (non-hydrogen) atoms. The van der Waals surface area contributed by atoms with Crippen molar-refractivity contribution < 1.29 is 45.8 Å². The number of ether oxygens (including phenoxy) is 1. The molecule has 286 valence electrons. The highest BCUT2D eigenvalue weighted by molar-refractivity contribution is 5.83. The number of benzene rings is 1. The quantitative estimate of drug-likeness (QED) is 0.108. The number of carbonyl (C=O) groups is 2. The second-order valence-electron chi connectivity index (χ2n) is 14.1. The van der Waals surface area contributed by atoms with Crippen molar-refractivity contribution in [2.45, 2.75) is 76.4 Å². The third-order valence-electron chi connectivity index (χ3n) is 9.38. The van der Waals surface area contributed by atoms with E-state index in [2.05, 4.69) is 32.5 Å². The maximum Gasteiger partial charge on any atom is 0.414 e. The predicted octanol–water partition coefficient (Wildman–Crippen LogP) is 7.09. The van der Waals surface area contributed by atoms with Gasteiger partial charge >= 0.3 is 6.09 Å². The molecule has 2 N–H and O–H groups in total. The third-order valence-corrected chi connectivity index (χ3v) is 9.38. The van der Waals surface area contributed by atoms with Crippen LogP contribution in [-0.2, 0) is 28.4 Å². The van der Waals surface area contributed by atoms with E-state index in [1.165, 1.54) is 18.2 Å². The number of nitrogens with one attached hydrogen (secondary N) is 1. The van der Waals surface area contributed by atoms with Crippen LogP contribution in [0.5, 0.6) is 0 Å². The van der Waals surface area contributed by atoms with Crippen molar-refractivity contribution in [2.75, 3.05) is 11.9 Å². The molecule has 0 spiro atoms. The Morgan fingerprint density at radius 3 is 2.53 bits per heavy atom. The highest BCUT2D eigenvalue weighted by atomic mass is 19.3. The van der Waals surface area contributed by atoms with Gasteiger partial charge in [0.05, 0.1) is 12.3 Å². The molecule has 4 aromatic heterocycles. The van der Waals surface area contributed by atoms with Crippen LogP contribution in [0.15, 0.2) is 48.7 Å². The highest BCUT2D eigenvalue weighted by Gasteiger charge is 2.67. The molecule has 2 aliphatic rings. The minimum absolute atomic E-state index is 0.0174. The van der Waals surface area contributed by atoms with E-state index >= 15 is 8.78 Å². The molecule has 3 atom stereocenters. The zero-order chi connectivity index (χ0) is 39.4. The molecular weight excluding hydrogens is 732 g/mol. The van der Waals surface area contributed by atoms with Gasteiger partial charge in [0.1, 0.15) is 40.9 Å². The number of ketones is 1. The first kappa shape index (κ1) is 37.6. The number of halogens is 6. The lowest BCUT2D eigenvalue weighted by atomic mass is 9.86. The summed E-state index contributed by atoms with van der Waals surface area (Å²) < 4.78 is 94.7. The van der Waals surface area contributed by atoms with Gasteiger partial charge in [0.25, 0.3) is 12.3 Å². The number of aliphatic hydroxyl groups is 1. The summed E-state index contributed by atoms with van der Waals surface area (Å²) >= 11 is 0. The average molecular weight is 766 g/mol. The number of anilines is 1. The van der Waals surface area contributed by atoms with Crippen LogP contribution in [0.3, 0.4) is 0 Å². The van der Waals surface area contributed by atoms with Crippen LogP contribution in [-0.4, -0.2) is 58.6 Å². The zero-order valence-electron chi connectivity index (χ0n) is 29.6. The molecule has 1 saturated carbocycles. The number of amides is 1. The number of fused-ring (bicyclic) bond motifs is 4. The number of hydrogen-bond acceptors (Lipinski definition) is 8. The molecular formula is C38H33F6N7O4. The molecule has 11 nitrogen and oxygen atoms in total. The van der Waals surface area contributed by atoms with Gasteiger partial charge < -0.3 is 9.84 Å². The number of carbonyl (C=O) groups excluding carboxylic acids is 2. The third kappa shape index (κ3) is 7.63. The van der Waals surface area contributed by atoms with Gasteiger partial charge in [-0.15, -0.1) is 10.2 Å². The van der Waals surface area contributed by atoms with Crippen LogP contribution in [0.2, 0.25) is 0 Å². The van der Waals surface area contributed by atoms with E-state index in [4.69, 9.17) is 9.72 Å². The van der Waals surface area contributed by atoms with Gasteiger partial charge in [0.15, 0.2) is 11.4 Å². The van der Waals surface area contributed by atoms with Gasteiger partial charge in [-0.25, -0.2) is 27.3 Å². The van der Waals surface area contributed by atoms with Gasteiger partial charge in [-0.3, -0.25) is 19.2 Å². The van der Waals surface area contributed by atoms with Gasteiger partial charge in [-0.05, 0) is 87.4 Å². The van der Waals surface area contributed by atoms with E-state index in [1.807, 2.05) is 0 Å². The zero-order valence-corrected chi connectivity index (χ0v) is 29.6. The van der Waals surface area contributed by atoms with Gasteiger partial charge in [0.2, 0.25) is 5.95 Å². The SMILES string of the molecule is CCOC(=O)Nc1nnc2ccc(-c3ccc(C#CC(C)(C)O)nc3[C@@H](CC(=O)Cn3nc(C(F)F)c4c3C(F)(F)[C@@H]3C[C@H]43)Cc3cc(F)cc(F)c3)cn12. The van der Waals surface area contributed by atoms with Gasteiger partial charge in [-0.2, -0.15) is 13.9 Å². The summed E-state index contributed by atoms with van der Waals surface area (Å²) in [5, 5.41) is 24.6. The summed E-state index contributed by atoms with van der Waals surface area (Å²) in [5.74, 6) is -3.34. The molecule has 0 radical (unpaired) electrons. The lowest BCUT2D eigenvalue weighted by Crippen LogP contribution is -2.24. The Hall–Kier alpha value is -5.76. The Bertz CT molecular complexity index is 2370. The molecule has 1 fully saturated rings. The van der Waals surface area contributed by atoms with Crippen LogP contribution in [0.25, 0.3) is 16.8 Å². The Balaban J connectivity index is 1.32. The fraction of sp³-hybridized carbons (Fsp3) is 0.368. The predicted molar refractivity (Wildman–Crippen MR) is 184 cm³/mol. The highest BCUT2D eigenvalue weighted by Crippen LogP contribution is 2.68. The minimum atomic E-state index is -3.46. The van der Waals surface area contributed by atoms with Crippen molar-refractivity contribution in [3.8, 4) is 23.0 Å². The second-order valence-corrected chi connectivity index (χ2v) is 14.1. The first-order chi connectivity index (χ1) is 26.0. The Morgan fingerprint density at radius 1 is 1.09 bits per heavy atom. The van der Waals surface area contributed by atoms with Crippen LogP contribution in [0, 0.1) is 29.4 Å². The molecule has 5 aromatic rings. The van der Waals surface area contributed by atoms with Crippen molar-refractivity contribution >= 4 is 23.5 Å². The van der Waals surface area contributed by atoms with Crippen LogP contribution in [0.4, 0.5) is 37.1 Å². The van der Waals surface area contributed by atoms with E-state index in [0.29, 0.717) is 27.5 Å². The molecule has 0 aliphatic heterocycles. The molecule has 2 aliphatic carbocycles. The van der Waals surface area contributed by atoms with Crippen molar-refractivity contribution in [1.82, 2.24) is 29.4 Å². The lowest BCUT2D eigenvalue weighted by molar-refractivity contribution is -0.120. The summed E-state index contributed by atoms with van der Waals surface area (Å²) in [4.78, 5) is 30.9. The maximum atomic E-state index is 15.3. The molecule has 0 saturated heterocycles. The fourth-order valence-electron chi connectivity index (χ4n) is 7.07. The van der Waals surface area contributed by atoms with E-state index in [-0.39, 0.29) is 47.9 Å². The van der Waals surface area contributed by atoms with E-state index in [1.54, 1.807) is 37.4 Å². The molecule has 0 bridgehead atoms. The number of rotatable bonds is 11. The molecule has 17 heteroatoms. The molecule has 4 heterocycles. The normalized spacial score (nSPS) is 17.4. The van der Waals surface area contributed by atoms with Crippen molar-refractivity contribution in [3.63, 3.8) is 0 Å². The standard InChI is InChI=1S/C38H33F6N7O4/c1-4-55-36(53)46-35-48-47-29-8-5-20(17-50(29)35)26-7-6-24(9-10-37(2,3)54)45-31(26)21(11-19-12-22(39)15-23(40)13-19)14-25(52)18-51-33-30(32(49-51)34(41)42)27-16-28(27)38(33,43)44/h5-8,12-13,15,17,21,27-28,34,54H,4,11,14,16,18H2,1-3H3,(H,46,48,53)/t21-,27+,28-/m1/s1. The molecule has 7 rings (SSSR count). The van der Waals surface area contributed by atoms with Crippen molar-refractivity contribution in [1.29, 1.82) is 0 Å². The first-order valence-corrected chi connectivity index (χ1v) is 17.3. The Morgan fingerprint density at radius 2 is 1.84 bits per heavy atom. The van der Waals surface area contributed by atoms with Crippen LogP contribution in [0.1, 0.15) is 85.8 Å². The molecule has 0 unspecified atom stereocenters. The lowest BCUT2D eigenvalue weighted by Gasteiger charge is -2.21. The summed E-state index contributed by atoms with van der Waals surface area (Å²) in [6.45, 7) is 3.87. The number of pyridine rings is 2. The number of alkyl halides is 4. The summed E-state index contributed by atoms with van der Waals surface area (Å²) in [6, 6.07) is 9.28. The topological polar surface area (TPSA) is 137 Å². The number of nitrogens with zero attached hydrogens (tertiary/aromatic N) is 6. The summed E-state index contributed by atoms with van der Waals surface area (Å²) in [6.07, 6.45) is -2.93. The van der Waals surface area contributed by atoms with Crippen LogP contribution >= 0.6 is 0 Å². The van der Waals surface area contributed by atoms with Crippen LogP contribution < -0.4 is 5.32 Å². The average Bonchev–Trinajstić information content (AvgIpc) is 3.59. The number of Topliss-reactive ketones (excluding diaryl/α,β-unsaturated/α-hetero) is 1. The summed E-state index contributed by atoms with van der Waals surface area (Å²) in [5.41, 5.74) is -1.43. The number of aromatic nitrogens is 6. The van der Waals surface area contributed by atoms with Crippen molar-refractivity contribution in [2.24, 2.45) is 5.92 Å². The monoisotopic (exact) mass is 765 g/mol. The van der Waals surface area contributed by atoms with E-state index < -0.39 is 83.6 Å². The van der Waals surface area contributed by atoms with E-state index in [9.17, 15) is 32.3 Å². The van der Waals surface area contributed by atoms with Gasteiger partial charge in [-0.1, -0.05) is 5.92 Å². The minimum Gasteiger partial charge on any atom is -0.450 e. The second kappa shape index (κ2) is 14.1. The maximum absolute atomic E-state index is 15.3. The largest absolute Gasteiger partial charge is 0.450 e. The fourth-order valence-corrected chi connectivity index (χ4v) is 7.07. The summed E-state index contributed by atoms with van der Waals surface area (Å²) in [7, 11) is 0. The van der Waals surface area contributed by atoms with Gasteiger partial charge in [0, 0.05) is 47.2 Å². The first-order valence-electron chi connectivity index (χ1n) is 17.3. The van der Waals surface area contributed by atoms with E-state index in [0.717, 1.165) is 12.1 Å². The Labute approximate surface area is 309 Å². The number of hydrogen-bond donors (Lipinski definition) is 2.